The second kappa shape index (κ2) is 6.06. The molecule has 1 aromatic heterocycles. The number of hydrogen-bond acceptors (Lipinski definition) is 4. The van der Waals surface area contributed by atoms with Crippen LogP contribution < -0.4 is 5.32 Å². The van der Waals surface area contributed by atoms with E-state index in [-0.39, 0.29) is 5.69 Å². The first-order valence-electron chi connectivity index (χ1n) is 5.09. The van der Waals surface area contributed by atoms with Crippen LogP contribution in [0.5, 0.6) is 0 Å². The van der Waals surface area contributed by atoms with Crippen molar-refractivity contribution in [1.29, 1.82) is 0 Å². The highest BCUT2D eigenvalue weighted by molar-refractivity contribution is 9.13. The molecule has 0 bridgehead atoms. The zero-order chi connectivity index (χ0) is 14.0. The molecule has 0 saturated heterocycles. The normalized spacial score (nSPS) is 10.5. The van der Waals surface area contributed by atoms with Gasteiger partial charge in [0.2, 0.25) is 0 Å². The van der Waals surface area contributed by atoms with Crippen LogP contribution in [0, 0.1) is 10.1 Å². The molecule has 0 unspecified atom stereocenters. The van der Waals surface area contributed by atoms with Crippen molar-refractivity contribution in [2.45, 2.75) is 6.54 Å². The Hall–Kier alpha value is -0.860. The van der Waals surface area contributed by atoms with Gasteiger partial charge in [-0.25, -0.2) is 0 Å². The van der Waals surface area contributed by atoms with Gasteiger partial charge in [-0.3, -0.25) is 10.1 Å². The summed E-state index contributed by atoms with van der Waals surface area (Å²) in [5.41, 5.74) is 0.801. The SMILES string of the molecule is O=[N+]([O-])c1ccc(NCc2cc(Br)c(Br)o2)c(Br)c1. The molecule has 1 N–H and O–H groups in total. The molecule has 0 saturated carbocycles. The number of halogens is 3. The third kappa shape index (κ3) is 3.58. The minimum Gasteiger partial charge on any atom is -0.451 e. The molecule has 2 rings (SSSR count). The van der Waals surface area contributed by atoms with Crippen molar-refractivity contribution in [2.24, 2.45) is 0 Å². The summed E-state index contributed by atoms with van der Waals surface area (Å²) in [5.74, 6) is 0.740. The van der Waals surface area contributed by atoms with Crippen LogP contribution in [0.2, 0.25) is 0 Å². The Bertz CT molecular complexity index is 608. The van der Waals surface area contributed by atoms with Crippen molar-refractivity contribution in [2.75, 3.05) is 5.32 Å². The molecule has 5 nitrogen and oxygen atoms in total. The molecule has 0 spiro atoms. The van der Waals surface area contributed by atoms with Crippen molar-refractivity contribution in [3.8, 4) is 0 Å². The van der Waals surface area contributed by atoms with E-state index in [2.05, 4.69) is 53.1 Å². The van der Waals surface area contributed by atoms with Gasteiger partial charge in [-0.1, -0.05) is 0 Å². The Morgan fingerprint density at radius 3 is 2.47 bits per heavy atom. The highest BCUT2D eigenvalue weighted by Crippen LogP contribution is 2.29. The molecular formula is C11H7Br3N2O3. The van der Waals surface area contributed by atoms with Crippen molar-refractivity contribution in [1.82, 2.24) is 0 Å². The summed E-state index contributed by atoms with van der Waals surface area (Å²) in [6, 6.07) is 6.39. The summed E-state index contributed by atoms with van der Waals surface area (Å²) in [4.78, 5) is 10.2. The summed E-state index contributed by atoms with van der Waals surface area (Å²) in [5, 5.41) is 13.8. The molecule has 0 radical (unpaired) electrons. The van der Waals surface area contributed by atoms with E-state index in [1.807, 2.05) is 6.07 Å². The van der Waals surface area contributed by atoms with E-state index in [1.165, 1.54) is 12.1 Å². The van der Waals surface area contributed by atoms with Crippen molar-refractivity contribution < 1.29 is 9.34 Å². The average molecular weight is 455 g/mol. The van der Waals surface area contributed by atoms with Gasteiger partial charge in [-0.2, -0.15) is 0 Å². The summed E-state index contributed by atoms with van der Waals surface area (Å²) in [6.45, 7) is 0.473. The second-order valence-corrected chi connectivity index (χ2v) is 6.04. The average Bonchev–Trinajstić information content (AvgIpc) is 2.67. The lowest BCUT2D eigenvalue weighted by molar-refractivity contribution is -0.384. The molecule has 2 aromatic rings. The Morgan fingerprint density at radius 2 is 1.95 bits per heavy atom. The van der Waals surface area contributed by atoms with Gasteiger partial charge in [0.25, 0.3) is 5.69 Å². The third-order valence-electron chi connectivity index (χ3n) is 2.31. The maximum absolute atomic E-state index is 10.6. The number of rotatable bonds is 4. The van der Waals surface area contributed by atoms with Gasteiger partial charge in [0.1, 0.15) is 5.76 Å². The Balaban J connectivity index is 2.09. The maximum atomic E-state index is 10.6. The summed E-state index contributed by atoms with van der Waals surface area (Å²) >= 11 is 9.88. The number of furan rings is 1. The molecule has 0 fully saturated rings. The van der Waals surface area contributed by atoms with Gasteiger partial charge < -0.3 is 9.73 Å². The number of benzene rings is 1. The molecule has 1 aromatic carbocycles. The lowest BCUT2D eigenvalue weighted by atomic mass is 10.3. The largest absolute Gasteiger partial charge is 0.451 e. The van der Waals surface area contributed by atoms with E-state index in [1.54, 1.807) is 6.07 Å². The van der Waals surface area contributed by atoms with E-state index in [4.69, 9.17) is 4.42 Å². The minimum atomic E-state index is -0.435. The zero-order valence-electron chi connectivity index (χ0n) is 9.32. The van der Waals surface area contributed by atoms with Crippen LogP contribution in [0.25, 0.3) is 0 Å². The number of nitrogens with zero attached hydrogens (tertiary/aromatic N) is 1. The predicted molar refractivity (Wildman–Crippen MR) is 82.2 cm³/mol. The molecule has 0 atom stereocenters. The van der Waals surface area contributed by atoms with E-state index in [9.17, 15) is 10.1 Å². The predicted octanol–water partition coefficient (Wildman–Crippen LogP) is 5.09. The highest BCUT2D eigenvalue weighted by atomic mass is 79.9. The number of anilines is 1. The van der Waals surface area contributed by atoms with Gasteiger partial charge >= 0.3 is 0 Å². The fourth-order valence-corrected chi connectivity index (χ4v) is 2.59. The quantitative estimate of drug-likeness (QED) is 0.516. The lowest BCUT2D eigenvalue weighted by Crippen LogP contribution is -1.99. The zero-order valence-corrected chi connectivity index (χ0v) is 14.1. The number of non-ortho nitro benzene ring substituents is 1. The fourth-order valence-electron chi connectivity index (χ4n) is 1.42. The molecular weight excluding hydrogens is 448 g/mol. The van der Waals surface area contributed by atoms with E-state index in [0.717, 1.165) is 15.9 Å². The van der Waals surface area contributed by atoms with Gasteiger partial charge in [0, 0.05) is 22.3 Å². The topological polar surface area (TPSA) is 68.3 Å². The van der Waals surface area contributed by atoms with Crippen LogP contribution in [0.4, 0.5) is 11.4 Å². The van der Waals surface area contributed by atoms with Gasteiger partial charge in [-0.15, -0.1) is 0 Å². The molecule has 100 valence electrons. The smallest absolute Gasteiger partial charge is 0.270 e. The highest BCUT2D eigenvalue weighted by Gasteiger charge is 2.10. The van der Waals surface area contributed by atoms with Crippen molar-refractivity contribution >= 4 is 59.2 Å². The first-order valence-corrected chi connectivity index (χ1v) is 7.47. The molecule has 0 aliphatic heterocycles. The monoisotopic (exact) mass is 452 g/mol. The molecule has 8 heteroatoms. The summed E-state index contributed by atoms with van der Waals surface area (Å²) in [6.07, 6.45) is 0. The first-order chi connectivity index (χ1) is 8.97. The Labute approximate surface area is 133 Å². The number of nitro benzene ring substituents is 1. The number of nitrogens with one attached hydrogen (secondary N) is 1. The maximum Gasteiger partial charge on any atom is 0.270 e. The third-order valence-corrected chi connectivity index (χ3v) is 4.68. The molecule has 19 heavy (non-hydrogen) atoms. The van der Waals surface area contributed by atoms with Crippen molar-refractivity contribution in [3.05, 3.63) is 53.8 Å². The van der Waals surface area contributed by atoms with E-state index >= 15 is 0 Å². The Kier molecular flexibility index (Phi) is 4.64. The van der Waals surface area contributed by atoms with Gasteiger partial charge in [0.05, 0.1) is 15.9 Å². The van der Waals surface area contributed by atoms with Crippen LogP contribution in [-0.4, -0.2) is 4.92 Å². The van der Waals surface area contributed by atoms with E-state index in [0.29, 0.717) is 15.7 Å². The molecule has 0 aliphatic carbocycles. The summed E-state index contributed by atoms with van der Waals surface area (Å²) in [7, 11) is 0. The Morgan fingerprint density at radius 1 is 1.21 bits per heavy atom. The minimum absolute atomic E-state index is 0.0425. The van der Waals surface area contributed by atoms with E-state index < -0.39 is 4.92 Å². The van der Waals surface area contributed by atoms with Gasteiger partial charge in [-0.05, 0) is 59.9 Å². The number of nitro groups is 1. The van der Waals surface area contributed by atoms with Crippen LogP contribution in [0.3, 0.4) is 0 Å². The molecule has 0 aliphatic rings. The number of hydrogen-bond donors (Lipinski definition) is 1. The summed E-state index contributed by atoms with van der Waals surface area (Å²) < 4.78 is 7.52. The van der Waals surface area contributed by atoms with Gasteiger partial charge in [0.15, 0.2) is 4.67 Å². The van der Waals surface area contributed by atoms with Crippen LogP contribution in [0.1, 0.15) is 5.76 Å². The molecule has 0 amide bonds. The van der Waals surface area contributed by atoms with Crippen LogP contribution in [0.15, 0.2) is 42.3 Å². The standard InChI is InChI=1S/C11H7Br3N2O3/c12-8-3-6(16(17)18)1-2-10(8)15-5-7-4-9(13)11(14)19-7/h1-4,15H,5H2. The van der Waals surface area contributed by atoms with Crippen LogP contribution in [-0.2, 0) is 6.54 Å². The lowest BCUT2D eigenvalue weighted by Gasteiger charge is -2.06. The fraction of sp³-hybridized carbons (Fsp3) is 0.0909. The first kappa shape index (κ1) is 14.5. The second-order valence-electron chi connectivity index (χ2n) is 3.61. The van der Waals surface area contributed by atoms with Crippen molar-refractivity contribution in [3.63, 3.8) is 0 Å². The van der Waals surface area contributed by atoms with Crippen LogP contribution >= 0.6 is 47.8 Å². The molecule has 1 heterocycles.